The first-order chi connectivity index (χ1) is 7.77. The zero-order chi connectivity index (χ0) is 11.8. The number of rotatable bonds is 7. The molecule has 2 heteroatoms. The monoisotopic (exact) mass is 221 g/mol. The third-order valence-corrected chi connectivity index (χ3v) is 2.61. The van der Waals surface area contributed by atoms with Crippen LogP contribution in [0.1, 0.15) is 33.6 Å². The number of hydrogen-bond donors (Lipinski definition) is 1. The van der Waals surface area contributed by atoms with Crippen molar-refractivity contribution in [3.8, 4) is 5.75 Å². The van der Waals surface area contributed by atoms with Crippen molar-refractivity contribution in [1.29, 1.82) is 0 Å². The van der Waals surface area contributed by atoms with Gasteiger partial charge in [-0.05, 0) is 31.4 Å². The van der Waals surface area contributed by atoms with Gasteiger partial charge >= 0.3 is 0 Å². The van der Waals surface area contributed by atoms with Crippen molar-refractivity contribution in [2.24, 2.45) is 5.92 Å². The van der Waals surface area contributed by atoms with Gasteiger partial charge < -0.3 is 10.1 Å². The zero-order valence-electron chi connectivity index (χ0n) is 10.6. The van der Waals surface area contributed by atoms with Crippen molar-refractivity contribution in [2.45, 2.75) is 33.6 Å². The van der Waals surface area contributed by atoms with Gasteiger partial charge in [0.15, 0.2) is 0 Å². The average molecular weight is 221 g/mol. The highest BCUT2D eigenvalue weighted by molar-refractivity contribution is 5.56. The maximum absolute atomic E-state index is 5.57. The molecule has 1 aromatic rings. The molecule has 90 valence electrons. The quantitative estimate of drug-likeness (QED) is 0.753. The zero-order valence-corrected chi connectivity index (χ0v) is 10.6. The first-order valence-corrected chi connectivity index (χ1v) is 6.23. The molecule has 0 saturated heterocycles. The maximum Gasteiger partial charge on any atom is 0.142 e. The molecule has 0 amide bonds. The number of anilines is 1. The smallest absolute Gasteiger partial charge is 0.142 e. The van der Waals surface area contributed by atoms with Crippen molar-refractivity contribution in [3.05, 3.63) is 24.3 Å². The van der Waals surface area contributed by atoms with Crippen LogP contribution in [0.4, 0.5) is 5.69 Å². The van der Waals surface area contributed by atoms with E-state index in [4.69, 9.17) is 4.74 Å². The minimum absolute atomic E-state index is 0.708. The van der Waals surface area contributed by atoms with Crippen LogP contribution in [0.3, 0.4) is 0 Å². The van der Waals surface area contributed by atoms with Crippen molar-refractivity contribution < 1.29 is 4.74 Å². The fourth-order valence-electron chi connectivity index (χ4n) is 1.77. The molecule has 0 aliphatic rings. The Kier molecular flexibility index (Phi) is 5.76. The van der Waals surface area contributed by atoms with Crippen LogP contribution in [0.25, 0.3) is 0 Å². The molecule has 1 aromatic carbocycles. The molecule has 0 bridgehead atoms. The highest BCUT2D eigenvalue weighted by Crippen LogP contribution is 2.24. The van der Waals surface area contributed by atoms with Crippen LogP contribution in [0.15, 0.2) is 24.3 Å². The molecule has 1 unspecified atom stereocenters. The Bertz CT molecular complexity index is 299. The van der Waals surface area contributed by atoms with E-state index in [-0.39, 0.29) is 0 Å². The Morgan fingerprint density at radius 3 is 2.69 bits per heavy atom. The topological polar surface area (TPSA) is 21.3 Å². The minimum Gasteiger partial charge on any atom is -0.492 e. The van der Waals surface area contributed by atoms with Gasteiger partial charge in [0.2, 0.25) is 0 Å². The highest BCUT2D eigenvalue weighted by atomic mass is 16.5. The van der Waals surface area contributed by atoms with Crippen molar-refractivity contribution in [2.75, 3.05) is 18.5 Å². The van der Waals surface area contributed by atoms with E-state index in [1.807, 2.05) is 25.1 Å². The van der Waals surface area contributed by atoms with Crippen LogP contribution in [-0.4, -0.2) is 13.2 Å². The van der Waals surface area contributed by atoms with E-state index in [0.29, 0.717) is 12.5 Å². The molecule has 1 N–H and O–H groups in total. The number of ether oxygens (including phenoxy) is 1. The van der Waals surface area contributed by atoms with Crippen LogP contribution in [-0.2, 0) is 0 Å². The first kappa shape index (κ1) is 12.9. The molecule has 1 rings (SSSR count). The van der Waals surface area contributed by atoms with Gasteiger partial charge in [-0.25, -0.2) is 0 Å². The standard InChI is InChI=1S/C14H23NO/c1-4-8-12(3)11-15-13-9-6-7-10-14(13)16-5-2/h6-7,9-10,12,15H,4-5,8,11H2,1-3H3. The predicted molar refractivity (Wildman–Crippen MR) is 70.2 cm³/mol. The highest BCUT2D eigenvalue weighted by Gasteiger charge is 2.04. The van der Waals surface area contributed by atoms with Gasteiger partial charge in [0.1, 0.15) is 5.75 Å². The predicted octanol–water partition coefficient (Wildman–Crippen LogP) is 3.93. The number of hydrogen-bond acceptors (Lipinski definition) is 2. The van der Waals surface area contributed by atoms with Crippen LogP contribution in [0.5, 0.6) is 5.75 Å². The van der Waals surface area contributed by atoms with E-state index in [2.05, 4.69) is 25.2 Å². The summed E-state index contributed by atoms with van der Waals surface area (Å²) in [5, 5.41) is 3.46. The summed E-state index contributed by atoms with van der Waals surface area (Å²) >= 11 is 0. The van der Waals surface area contributed by atoms with E-state index in [9.17, 15) is 0 Å². The summed E-state index contributed by atoms with van der Waals surface area (Å²) in [5.74, 6) is 1.66. The second-order valence-electron chi connectivity index (χ2n) is 4.20. The lowest BCUT2D eigenvalue weighted by Crippen LogP contribution is -2.11. The molecule has 0 fully saturated rings. The number of nitrogens with one attached hydrogen (secondary N) is 1. The largest absolute Gasteiger partial charge is 0.492 e. The van der Waals surface area contributed by atoms with Gasteiger partial charge in [0.25, 0.3) is 0 Å². The van der Waals surface area contributed by atoms with E-state index in [0.717, 1.165) is 18.0 Å². The van der Waals surface area contributed by atoms with E-state index in [1.54, 1.807) is 0 Å². The lowest BCUT2D eigenvalue weighted by atomic mass is 10.1. The van der Waals surface area contributed by atoms with E-state index >= 15 is 0 Å². The van der Waals surface area contributed by atoms with E-state index < -0.39 is 0 Å². The molecule has 0 heterocycles. The summed E-state index contributed by atoms with van der Waals surface area (Å²) in [6.07, 6.45) is 2.51. The Labute approximate surface area is 99.0 Å². The van der Waals surface area contributed by atoms with Crippen LogP contribution < -0.4 is 10.1 Å². The summed E-state index contributed by atoms with van der Waals surface area (Å²) in [6.45, 7) is 8.24. The molecule has 0 aliphatic heterocycles. The Hall–Kier alpha value is -1.18. The van der Waals surface area contributed by atoms with Crippen LogP contribution >= 0.6 is 0 Å². The lowest BCUT2D eigenvalue weighted by molar-refractivity contribution is 0.341. The fourth-order valence-corrected chi connectivity index (χ4v) is 1.77. The second kappa shape index (κ2) is 7.15. The Balaban J connectivity index is 2.52. The third-order valence-electron chi connectivity index (χ3n) is 2.61. The molecule has 0 aromatic heterocycles. The molecular formula is C14H23NO. The van der Waals surface area contributed by atoms with Gasteiger partial charge in [0.05, 0.1) is 12.3 Å². The van der Waals surface area contributed by atoms with Gasteiger partial charge in [-0.15, -0.1) is 0 Å². The SMILES string of the molecule is CCCC(C)CNc1ccccc1OCC. The molecule has 16 heavy (non-hydrogen) atoms. The van der Waals surface area contributed by atoms with Crippen LogP contribution in [0, 0.1) is 5.92 Å². The van der Waals surface area contributed by atoms with Crippen molar-refractivity contribution >= 4 is 5.69 Å². The average Bonchev–Trinajstić information content (AvgIpc) is 2.29. The number of para-hydroxylation sites is 2. The summed E-state index contributed by atoms with van der Waals surface area (Å²) in [7, 11) is 0. The lowest BCUT2D eigenvalue weighted by Gasteiger charge is -2.15. The molecule has 0 spiro atoms. The van der Waals surface area contributed by atoms with Gasteiger partial charge in [-0.2, -0.15) is 0 Å². The van der Waals surface area contributed by atoms with Gasteiger partial charge in [0, 0.05) is 6.54 Å². The molecule has 2 nitrogen and oxygen atoms in total. The third kappa shape index (κ3) is 4.13. The van der Waals surface area contributed by atoms with Gasteiger partial charge in [-0.3, -0.25) is 0 Å². The Morgan fingerprint density at radius 1 is 1.25 bits per heavy atom. The molecular weight excluding hydrogens is 198 g/mol. The van der Waals surface area contributed by atoms with Crippen molar-refractivity contribution in [1.82, 2.24) is 0 Å². The summed E-state index contributed by atoms with van der Waals surface area (Å²) in [6, 6.07) is 8.13. The molecule has 0 aliphatic carbocycles. The maximum atomic E-state index is 5.57. The minimum atomic E-state index is 0.708. The first-order valence-electron chi connectivity index (χ1n) is 6.23. The molecule has 0 radical (unpaired) electrons. The van der Waals surface area contributed by atoms with Crippen LogP contribution in [0.2, 0.25) is 0 Å². The van der Waals surface area contributed by atoms with E-state index in [1.165, 1.54) is 12.8 Å². The second-order valence-corrected chi connectivity index (χ2v) is 4.20. The normalized spacial score (nSPS) is 12.2. The summed E-state index contributed by atoms with van der Waals surface area (Å²) in [4.78, 5) is 0. The molecule has 1 atom stereocenters. The molecule has 0 saturated carbocycles. The number of benzene rings is 1. The van der Waals surface area contributed by atoms with Crippen molar-refractivity contribution in [3.63, 3.8) is 0 Å². The Morgan fingerprint density at radius 2 is 2.00 bits per heavy atom. The van der Waals surface area contributed by atoms with Gasteiger partial charge in [-0.1, -0.05) is 32.4 Å². The summed E-state index contributed by atoms with van der Waals surface area (Å²) in [5.41, 5.74) is 1.10. The fraction of sp³-hybridized carbons (Fsp3) is 0.571. The summed E-state index contributed by atoms with van der Waals surface area (Å²) < 4.78 is 5.57.